The van der Waals surface area contributed by atoms with E-state index in [0.29, 0.717) is 17.1 Å². The molecular formula is C21H25ClN4O4S. The van der Waals surface area contributed by atoms with E-state index in [1.165, 1.54) is 25.3 Å². The maximum Gasteiger partial charge on any atom is 0.243 e. The van der Waals surface area contributed by atoms with Gasteiger partial charge < -0.3 is 10.2 Å². The predicted molar refractivity (Wildman–Crippen MR) is 120 cm³/mol. The molecule has 1 aromatic heterocycles. The molecule has 8 nitrogen and oxygen atoms in total. The Bertz CT molecular complexity index is 1100. The number of aromatic nitrogens is 1. The average Bonchev–Trinajstić information content (AvgIpc) is 3.02. The lowest BCUT2D eigenvalue weighted by molar-refractivity contribution is -0.119. The number of nitrogens with one attached hydrogen (secondary N) is 2. The van der Waals surface area contributed by atoms with Crippen LogP contribution in [0.25, 0.3) is 0 Å². The number of benzene rings is 1. The molecule has 0 radical (unpaired) electrons. The zero-order valence-electron chi connectivity index (χ0n) is 17.7. The minimum Gasteiger partial charge on any atom is -0.309 e. The fraction of sp³-hybridized carbons (Fsp3) is 0.381. The van der Waals surface area contributed by atoms with Gasteiger partial charge >= 0.3 is 0 Å². The number of hydrogen-bond acceptors (Lipinski definition) is 5. The number of rotatable bonds is 6. The second-order valence-electron chi connectivity index (χ2n) is 7.93. The molecule has 2 heterocycles. The molecule has 0 aliphatic carbocycles. The first-order chi connectivity index (χ1) is 14.5. The number of anilines is 2. The summed E-state index contributed by atoms with van der Waals surface area (Å²) in [4.78, 5) is 30.4. The maximum atomic E-state index is 13.0. The third-order valence-corrected chi connectivity index (χ3v) is 6.79. The Morgan fingerprint density at radius 3 is 2.52 bits per heavy atom. The van der Waals surface area contributed by atoms with Gasteiger partial charge in [0.05, 0.1) is 9.92 Å². The van der Waals surface area contributed by atoms with E-state index in [2.05, 4.69) is 15.0 Å². The lowest BCUT2D eigenvalue weighted by atomic mass is 10.1. The molecule has 0 fully saturated rings. The average molecular weight is 465 g/mol. The Kier molecular flexibility index (Phi) is 6.68. The normalized spacial score (nSPS) is 16.8. The van der Waals surface area contributed by atoms with E-state index in [9.17, 15) is 18.0 Å². The predicted octanol–water partition coefficient (Wildman–Crippen LogP) is 2.97. The largest absolute Gasteiger partial charge is 0.309 e. The monoisotopic (exact) mass is 464 g/mol. The van der Waals surface area contributed by atoms with Gasteiger partial charge in [0.15, 0.2) is 0 Å². The third kappa shape index (κ3) is 5.06. The lowest BCUT2D eigenvalue weighted by Crippen LogP contribution is -2.47. The summed E-state index contributed by atoms with van der Waals surface area (Å²) in [7, 11) is -3.98. The Morgan fingerprint density at radius 2 is 1.94 bits per heavy atom. The van der Waals surface area contributed by atoms with Crippen LogP contribution in [0.4, 0.5) is 11.5 Å². The van der Waals surface area contributed by atoms with Crippen LogP contribution in [0.5, 0.6) is 0 Å². The van der Waals surface area contributed by atoms with Gasteiger partial charge in [-0.25, -0.2) is 13.4 Å². The van der Waals surface area contributed by atoms with Gasteiger partial charge in [0.25, 0.3) is 0 Å². The van der Waals surface area contributed by atoms with Crippen LogP contribution in [0.3, 0.4) is 0 Å². The summed E-state index contributed by atoms with van der Waals surface area (Å²) in [5.74, 6) is -0.655. The second-order valence-corrected chi connectivity index (χ2v) is 10.1. The van der Waals surface area contributed by atoms with Crippen molar-refractivity contribution in [3.05, 3.63) is 47.1 Å². The second kappa shape index (κ2) is 8.94. The van der Waals surface area contributed by atoms with Crippen LogP contribution in [0.2, 0.25) is 5.02 Å². The van der Waals surface area contributed by atoms with Crippen LogP contribution >= 0.6 is 11.6 Å². The SMILES string of the molecule is CC(=O)N1c2ccc(S(=O)(=O)NC(C(=O)Nc3ccc(Cl)cn3)C(C)C)cc2CC1C. The van der Waals surface area contributed by atoms with E-state index in [1.807, 2.05) is 6.92 Å². The summed E-state index contributed by atoms with van der Waals surface area (Å²) >= 11 is 5.80. The number of amides is 2. The zero-order chi connectivity index (χ0) is 22.9. The van der Waals surface area contributed by atoms with Crippen molar-refractivity contribution < 1.29 is 18.0 Å². The van der Waals surface area contributed by atoms with E-state index in [1.54, 1.807) is 36.9 Å². The van der Waals surface area contributed by atoms with Crippen LogP contribution in [-0.2, 0) is 26.0 Å². The summed E-state index contributed by atoms with van der Waals surface area (Å²) < 4.78 is 28.6. The van der Waals surface area contributed by atoms with Gasteiger partial charge in [-0.2, -0.15) is 4.72 Å². The number of carbonyl (C=O) groups is 2. The number of nitrogens with zero attached hydrogens (tertiary/aromatic N) is 2. The van der Waals surface area contributed by atoms with Gasteiger partial charge in [-0.05, 0) is 55.2 Å². The smallest absolute Gasteiger partial charge is 0.243 e. The Labute approximate surface area is 187 Å². The minimum atomic E-state index is -3.98. The first-order valence-corrected chi connectivity index (χ1v) is 11.7. The molecule has 2 N–H and O–H groups in total. The number of pyridine rings is 1. The summed E-state index contributed by atoms with van der Waals surface area (Å²) in [5.41, 5.74) is 1.49. The molecule has 2 aromatic rings. The molecule has 1 aliphatic heterocycles. The molecule has 31 heavy (non-hydrogen) atoms. The van der Waals surface area contributed by atoms with E-state index in [4.69, 9.17) is 11.6 Å². The van der Waals surface area contributed by atoms with Crippen LogP contribution in [0, 0.1) is 5.92 Å². The molecule has 0 saturated heterocycles. The molecule has 0 bridgehead atoms. The van der Waals surface area contributed by atoms with Gasteiger partial charge in [-0.3, -0.25) is 9.59 Å². The molecule has 2 amide bonds. The van der Waals surface area contributed by atoms with Crippen molar-refractivity contribution >= 4 is 44.9 Å². The third-order valence-electron chi connectivity index (χ3n) is 5.13. The topological polar surface area (TPSA) is 108 Å². The lowest BCUT2D eigenvalue weighted by Gasteiger charge is -2.22. The van der Waals surface area contributed by atoms with Crippen LogP contribution in [0.15, 0.2) is 41.4 Å². The van der Waals surface area contributed by atoms with Crippen LogP contribution in [0.1, 0.15) is 33.3 Å². The number of sulfonamides is 1. The maximum absolute atomic E-state index is 13.0. The first-order valence-electron chi connectivity index (χ1n) is 9.87. The fourth-order valence-electron chi connectivity index (χ4n) is 3.64. The highest BCUT2D eigenvalue weighted by atomic mass is 35.5. The Hall–Kier alpha value is -2.49. The zero-order valence-corrected chi connectivity index (χ0v) is 19.3. The van der Waals surface area contributed by atoms with Crippen molar-refractivity contribution in [3.8, 4) is 0 Å². The number of fused-ring (bicyclic) bond motifs is 1. The van der Waals surface area contributed by atoms with Gasteiger partial charge in [-0.15, -0.1) is 0 Å². The highest BCUT2D eigenvalue weighted by Crippen LogP contribution is 2.34. The first kappa shape index (κ1) is 23.2. The molecule has 0 spiro atoms. The highest BCUT2D eigenvalue weighted by Gasteiger charge is 2.32. The summed E-state index contributed by atoms with van der Waals surface area (Å²) in [6, 6.07) is 6.71. The number of carbonyl (C=O) groups excluding carboxylic acids is 2. The van der Waals surface area contributed by atoms with Crippen molar-refractivity contribution in [2.24, 2.45) is 5.92 Å². The summed E-state index contributed by atoms with van der Waals surface area (Å²) in [6.45, 7) is 6.89. The van der Waals surface area contributed by atoms with Crippen molar-refractivity contribution in [2.45, 2.75) is 51.1 Å². The van der Waals surface area contributed by atoms with Crippen molar-refractivity contribution in [3.63, 3.8) is 0 Å². The van der Waals surface area contributed by atoms with Crippen molar-refractivity contribution in [1.29, 1.82) is 0 Å². The molecule has 1 aromatic carbocycles. The van der Waals surface area contributed by atoms with Crippen LogP contribution in [-0.4, -0.2) is 37.3 Å². The van der Waals surface area contributed by atoms with Gasteiger partial charge in [-0.1, -0.05) is 25.4 Å². The van der Waals surface area contributed by atoms with E-state index >= 15 is 0 Å². The molecular weight excluding hydrogens is 440 g/mol. The molecule has 0 saturated carbocycles. The van der Waals surface area contributed by atoms with Gasteiger partial charge in [0.2, 0.25) is 21.8 Å². The Morgan fingerprint density at radius 1 is 1.23 bits per heavy atom. The van der Waals surface area contributed by atoms with Crippen molar-refractivity contribution in [1.82, 2.24) is 9.71 Å². The molecule has 1 aliphatic rings. The van der Waals surface area contributed by atoms with E-state index < -0.39 is 22.0 Å². The summed E-state index contributed by atoms with van der Waals surface area (Å²) in [5, 5.41) is 3.03. The van der Waals surface area contributed by atoms with Gasteiger partial charge in [0.1, 0.15) is 11.9 Å². The summed E-state index contributed by atoms with van der Waals surface area (Å²) in [6.07, 6.45) is 1.95. The number of hydrogen-bond donors (Lipinski definition) is 2. The minimum absolute atomic E-state index is 0.0421. The molecule has 10 heteroatoms. The number of halogens is 1. The van der Waals surface area contributed by atoms with E-state index in [-0.39, 0.29) is 28.6 Å². The molecule has 3 rings (SSSR count). The molecule has 2 unspecified atom stereocenters. The van der Waals surface area contributed by atoms with E-state index in [0.717, 1.165) is 5.56 Å². The highest BCUT2D eigenvalue weighted by molar-refractivity contribution is 7.89. The molecule has 166 valence electrons. The van der Waals surface area contributed by atoms with Crippen LogP contribution < -0.4 is 14.9 Å². The fourth-order valence-corrected chi connectivity index (χ4v) is 5.14. The Balaban J connectivity index is 1.82. The molecule has 2 atom stereocenters. The standard InChI is InChI=1S/C21H25ClN4O4S/c1-12(2)20(21(28)24-19-8-5-16(22)11-23-19)25-31(29,30)17-6-7-18-15(10-17)9-13(3)26(18)14(4)27/h5-8,10-13,20,25H,9H2,1-4H3,(H,23,24,28). The quantitative estimate of drug-likeness (QED) is 0.683. The van der Waals surface area contributed by atoms with Gasteiger partial charge in [0, 0.05) is 24.8 Å². The van der Waals surface area contributed by atoms with Crippen molar-refractivity contribution in [2.75, 3.05) is 10.2 Å².